The molecule has 4 nitrogen and oxygen atoms in total. The van der Waals surface area contributed by atoms with Crippen molar-refractivity contribution >= 4 is 27.5 Å². The first kappa shape index (κ1) is 8.96. The van der Waals surface area contributed by atoms with Crippen LogP contribution in [-0.2, 0) is 0 Å². The Hall–Kier alpha value is -1.62. The molecule has 1 amide bonds. The summed E-state index contributed by atoms with van der Waals surface area (Å²) in [7, 11) is 1.59. The Morgan fingerprint density at radius 1 is 1.57 bits per heavy atom. The fourth-order valence-corrected chi connectivity index (χ4v) is 1.94. The lowest BCUT2D eigenvalue weighted by molar-refractivity contribution is 0.1000. The average molecular weight is 208 g/mol. The van der Waals surface area contributed by atoms with Gasteiger partial charge in [0.25, 0.3) is 5.91 Å². The van der Waals surface area contributed by atoms with Crippen LogP contribution in [0.25, 0.3) is 10.2 Å². The maximum Gasteiger partial charge on any atom is 0.277 e. The molecule has 0 aliphatic carbocycles. The lowest BCUT2D eigenvalue weighted by Gasteiger charge is -1.96. The number of methoxy groups -OCH3 is 1. The van der Waals surface area contributed by atoms with E-state index in [-0.39, 0.29) is 0 Å². The van der Waals surface area contributed by atoms with E-state index in [9.17, 15) is 4.79 Å². The first-order chi connectivity index (χ1) is 6.70. The molecule has 0 radical (unpaired) electrons. The van der Waals surface area contributed by atoms with Gasteiger partial charge >= 0.3 is 0 Å². The zero-order valence-corrected chi connectivity index (χ0v) is 8.30. The van der Waals surface area contributed by atoms with Crippen LogP contribution >= 0.6 is 11.3 Å². The van der Waals surface area contributed by atoms with Gasteiger partial charge in [-0.3, -0.25) is 4.79 Å². The maximum absolute atomic E-state index is 10.9. The Kier molecular flexibility index (Phi) is 2.09. The number of carbonyl (C=O) groups is 1. The van der Waals surface area contributed by atoms with E-state index in [1.165, 1.54) is 11.3 Å². The fourth-order valence-electron chi connectivity index (χ4n) is 1.14. The second-order valence-corrected chi connectivity index (χ2v) is 3.75. The summed E-state index contributed by atoms with van der Waals surface area (Å²) in [6.07, 6.45) is 0. The van der Waals surface area contributed by atoms with Crippen molar-refractivity contribution in [3.05, 3.63) is 23.2 Å². The molecule has 0 fully saturated rings. The van der Waals surface area contributed by atoms with E-state index < -0.39 is 5.91 Å². The normalized spacial score (nSPS) is 10.4. The topological polar surface area (TPSA) is 65.2 Å². The van der Waals surface area contributed by atoms with Gasteiger partial charge < -0.3 is 10.5 Å². The third-order valence-electron chi connectivity index (χ3n) is 1.81. The van der Waals surface area contributed by atoms with Crippen LogP contribution in [0.2, 0.25) is 0 Å². The number of aromatic nitrogens is 1. The summed E-state index contributed by atoms with van der Waals surface area (Å²) in [5.41, 5.74) is 5.86. The van der Waals surface area contributed by atoms with Crippen molar-refractivity contribution in [1.82, 2.24) is 4.98 Å². The highest BCUT2D eigenvalue weighted by atomic mass is 32.1. The second-order valence-electron chi connectivity index (χ2n) is 2.72. The number of nitrogens with two attached hydrogens (primary N) is 1. The number of nitrogens with zero attached hydrogens (tertiary/aromatic N) is 1. The number of amides is 1. The summed E-state index contributed by atoms with van der Waals surface area (Å²) in [5, 5.41) is 0.327. The molecular formula is C9H8N2O2S. The van der Waals surface area contributed by atoms with E-state index in [4.69, 9.17) is 10.5 Å². The molecule has 0 spiro atoms. The van der Waals surface area contributed by atoms with E-state index in [1.807, 2.05) is 12.1 Å². The molecular weight excluding hydrogens is 200 g/mol. The molecule has 0 aliphatic heterocycles. The Morgan fingerprint density at radius 2 is 2.36 bits per heavy atom. The van der Waals surface area contributed by atoms with Gasteiger partial charge in [-0.2, -0.15) is 0 Å². The Labute approximate surface area is 84.3 Å². The molecule has 5 heteroatoms. The van der Waals surface area contributed by atoms with Gasteiger partial charge in [-0.15, -0.1) is 11.3 Å². The summed E-state index contributed by atoms with van der Waals surface area (Å²) in [4.78, 5) is 14.9. The first-order valence-corrected chi connectivity index (χ1v) is 4.77. The van der Waals surface area contributed by atoms with Crippen molar-refractivity contribution in [2.24, 2.45) is 5.73 Å². The van der Waals surface area contributed by atoms with Gasteiger partial charge in [0.05, 0.1) is 17.3 Å². The lowest BCUT2D eigenvalue weighted by Crippen LogP contribution is -2.09. The highest BCUT2D eigenvalue weighted by molar-refractivity contribution is 7.20. The summed E-state index contributed by atoms with van der Waals surface area (Å²) in [6, 6.07) is 5.46. The van der Waals surface area contributed by atoms with Crippen molar-refractivity contribution in [2.45, 2.75) is 0 Å². The number of hydrogen-bond acceptors (Lipinski definition) is 4. The largest absolute Gasteiger partial charge is 0.497 e. The van der Waals surface area contributed by atoms with Gasteiger partial charge in [0.2, 0.25) is 0 Å². The molecule has 1 aromatic heterocycles. The number of ether oxygens (including phenoxy) is 1. The predicted octanol–water partition coefficient (Wildman–Crippen LogP) is 1.40. The van der Waals surface area contributed by atoms with Gasteiger partial charge in [-0.05, 0) is 12.1 Å². The molecule has 2 rings (SSSR count). The standard InChI is InChI=1S/C9H8N2O2S/c1-13-5-2-3-7-6(4-5)11-9(14-7)8(10)12/h2-4H,1H3,(H2,10,12). The fraction of sp³-hybridized carbons (Fsp3) is 0.111. The number of primary amides is 1. The smallest absolute Gasteiger partial charge is 0.277 e. The van der Waals surface area contributed by atoms with Crippen LogP contribution in [0.4, 0.5) is 0 Å². The summed E-state index contributed by atoms with van der Waals surface area (Å²) in [6.45, 7) is 0. The maximum atomic E-state index is 10.9. The Bertz CT molecular complexity index is 493. The van der Waals surface area contributed by atoms with Crippen LogP contribution < -0.4 is 10.5 Å². The van der Waals surface area contributed by atoms with E-state index in [1.54, 1.807) is 13.2 Å². The number of benzene rings is 1. The van der Waals surface area contributed by atoms with Crippen molar-refractivity contribution in [1.29, 1.82) is 0 Å². The summed E-state index contributed by atoms with van der Waals surface area (Å²) < 4.78 is 5.97. The van der Waals surface area contributed by atoms with Crippen LogP contribution in [0.1, 0.15) is 9.80 Å². The minimum absolute atomic E-state index is 0.327. The predicted molar refractivity (Wildman–Crippen MR) is 54.7 cm³/mol. The molecule has 14 heavy (non-hydrogen) atoms. The molecule has 1 heterocycles. The summed E-state index contributed by atoms with van der Waals surface area (Å²) in [5.74, 6) is 0.226. The third-order valence-corrected chi connectivity index (χ3v) is 2.86. The SMILES string of the molecule is COc1ccc2sc(C(N)=O)nc2c1. The number of rotatable bonds is 2. The van der Waals surface area contributed by atoms with E-state index in [0.717, 1.165) is 16.0 Å². The number of fused-ring (bicyclic) bond motifs is 1. The van der Waals surface area contributed by atoms with Gasteiger partial charge in [0.15, 0.2) is 5.01 Å². The van der Waals surface area contributed by atoms with Gasteiger partial charge in [-0.25, -0.2) is 4.98 Å². The molecule has 0 atom stereocenters. The van der Waals surface area contributed by atoms with Crippen molar-refractivity contribution in [3.8, 4) is 5.75 Å². The Morgan fingerprint density at radius 3 is 3.00 bits per heavy atom. The minimum atomic E-state index is -0.495. The van der Waals surface area contributed by atoms with Crippen molar-refractivity contribution in [3.63, 3.8) is 0 Å². The van der Waals surface area contributed by atoms with Gasteiger partial charge in [0, 0.05) is 6.07 Å². The van der Waals surface area contributed by atoms with Crippen molar-refractivity contribution < 1.29 is 9.53 Å². The molecule has 0 aliphatic rings. The van der Waals surface area contributed by atoms with Gasteiger partial charge in [-0.1, -0.05) is 0 Å². The van der Waals surface area contributed by atoms with Crippen LogP contribution in [0.5, 0.6) is 5.75 Å². The van der Waals surface area contributed by atoms with Crippen LogP contribution in [0, 0.1) is 0 Å². The monoisotopic (exact) mass is 208 g/mol. The average Bonchev–Trinajstić information content (AvgIpc) is 2.59. The van der Waals surface area contributed by atoms with E-state index in [0.29, 0.717) is 5.01 Å². The quantitative estimate of drug-likeness (QED) is 0.811. The third kappa shape index (κ3) is 1.42. The molecule has 2 N–H and O–H groups in total. The lowest BCUT2D eigenvalue weighted by atomic mass is 10.3. The minimum Gasteiger partial charge on any atom is -0.497 e. The van der Waals surface area contributed by atoms with Crippen LogP contribution in [0.15, 0.2) is 18.2 Å². The highest BCUT2D eigenvalue weighted by Crippen LogP contribution is 2.25. The zero-order chi connectivity index (χ0) is 10.1. The molecule has 0 bridgehead atoms. The second kappa shape index (κ2) is 3.26. The highest BCUT2D eigenvalue weighted by Gasteiger charge is 2.08. The Balaban J connectivity index is 2.60. The molecule has 0 saturated heterocycles. The van der Waals surface area contributed by atoms with Crippen molar-refractivity contribution in [2.75, 3.05) is 7.11 Å². The van der Waals surface area contributed by atoms with Gasteiger partial charge in [0.1, 0.15) is 5.75 Å². The molecule has 0 unspecified atom stereocenters. The van der Waals surface area contributed by atoms with E-state index >= 15 is 0 Å². The van der Waals surface area contributed by atoms with E-state index in [2.05, 4.69) is 4.98 Å². The molecule has 0 saturated carbocycles. The first-order valence-electron chi connectivity index (χ1n) is 3.95. The molecule has 2 aromatic rings. The summed E-state index contributed by atoms with van der Waals surface area (Å²) >= 11 is 1.28. The molecule has 1 aromatic carbocycles. The number of carbonyl (C=O) groups excluding carboxylic acids is 1. The number of thiazole rings is 1. The zero-order valence-electron chi connectivity index (χ0n) is 7.48. The van der Waals surface area contributed by atoms with Crippen LogP contribution in [0.3, 0.4) is 0 Å². The molecule has 72 valence electrons. The number of hydrogen-bond donors (Lipinski definition) is 1. The van der Waals surface area contributed by atoms with Crippen LogP contribution in [-0.4, -0.2) is 18.0 Å².